The van der Waals surface area contributed by atoms with Crippen molar-refractivity contribution in [3.8, 4) is 5.75 Å². The molecule has 0 aromatic heterocycles. The van der Waals surface area contributed by atoms with E-state index in [0.29, 0.717) is 4.31 Å². The summed E-state index contributed by atoms with van der Waals surface area (Å²) in [7, 11) is -2.96. The van der Waals surface area contributed by atoms with Gasteiger partial charge in [0.2, 0.25) is 10.0 Å². The number of nitrogens with zero attached hydrogens (tertiary/aromatic N) is 1. The summed E-state index contributed by atoms with van der Waals surface area (Å²) >= 11 is 5.72. The lowest BCUT2D eigenvalue weighted by molar-refractivity contribution is 0.113. The van der Waals surface area contributed by atoms with Crippen LogP contribution in [0.4, 0.5) is 8.78 Å². The Kier molecular flexibility index (Phi) is 6.12. The molecule has 20 heavy (non-hydrogen) atoms. The fourth-order valence-electron chi connectivity index (χ4n) is 1.57. The van der Waals surface area contributed by atoms with Crippen LogP contribution < -0.4 is 4.74 Å². The Morgan fingerprint density at radius 1 is 1.45 bits per heavy atom. The van der Waals surface area contributed by atoms with Gasteiger partial charge in [-0.3, -0.25) is 0 Å². The van der Waals surface area contributed by atoms with Gasteiger partial charge in [-0.05, 0) is 12.1 Å². The summed E-state index contributed by atoms with van der Waals surface area (Å²) < 4.78 is 54.9. The molecule has 0 saturated heterocycles. The van der Waals surface area contributed by atoms with Crippen LogP contribution in [0.5, 0.6) is 5.75 Å². The third-order valence-corrected chi connectivity index (χ3v) is 4.57. The van der Waals surface area contributed by atoms with E-state index in [2.05, 4.69) is 0 Å². The van der Waals surface area contributed by atoms with Gasteiger partial charge in [0.1, 0.15) is 10.6 Å². The fourth-order valence-corrected chi connectivity index (χ4v) is 3.28. The van der Waals surface area contributed by atoms with Crippen LogP contribution in [0.2, 0.25) is 5.02 Å². The third kappa shape index (κ3) is 4.02. The molecule has 0 fully saturated rings. The molecule has 0 atom stereocenters. The number of methoxy groups -OCH3 is 1. The van der Waals surface area contributed by atoms with Crippen LogP contribution in [0.3, 0.4) is 0 Å². The molecule has 0 saturated carbocycles. The van der Waals surface area contributed by atoms with Gasteiger partial charge in [0.25, 0.3) is 6.43 Å². The first-order valence-electron chi connectivity index (χ1n) is 5.55. The first-order valence-corrected chi connectivity index (χ1v) is 7.37. The Hall–Kier alpha value is -0.960. The minimum absolute atomic E-state index is 0.0466. The molecule has 0 amide bonds. The molecule has 1 N–H and O–H groups in total. The van der Waals surface area contributed by atoms with E-state index in [1.807, 2.05) is 0 Å². The molecule has 0 heterocycles. The van der Waals surface area contributed by atoms with E-state index in [9.17, 15) is 17.2 Å². The quantitative estimate of drug-likeness (QED) is 0.825. The molecule has 9 heteroatoms. The largest absolute Gasteiger partial charge is 0.495 e. The van der Waals surface area contributed by atoms with Crippen molar-refractivity contribution < 1.29 is 27.0 Å². The molecular weight excluding hydrogens is 316 g/mol. The summed E-state index contributed by atoms with van der Waals surface area (Å²) in [6.07, 6.45) is -2.85. The van der Waals surface area contributed by atoms with Crippen LogP contribution >= 0.6 is 11.6 Å². The predicted molar refractivity (Wildman–Crippen MR) is 69.9 cm³/mol. The van der Waals surface area contributed by atoms with Crippen molar-refractivity contribution in [2.24, 2.45) is 0 Å². The standard InChI is InChI=1S/C11H14ClF2NO4S/c1-19-9-6-8(12)2-3-10(9)20(17,18)15(4-5-16)7-11(13)14/h2-3,6,11,16H,4-5,7H2,1H3. The van der Waals surface area contributed by atoms with E-state index < -0.39 is 36.1 Å². The van der Waals surface area contributed by atoms with Crippen molar-refractivity contribution in [1.82, 2.24) is 4.31 Å². The minimum Gasteiger partial charge on any atom is -0.495 e. The van der Waals surface area contributed by atoms with E-state index in [1.54, 1.807) is 0 Å². The lowest BCUT2D eigenvalue weighted by Gasteiger charge is -2.22. The van der Waals surface area contributed by atoms with Gasteiger partial charge in [0, 0.05) is 17.6 Å². The summed E-state index contributed by atoms with van der Waals surface area (Å²) in [5.74, 6) is -0.0466. The van der Waals surface area contributed by atoms with Gasteiger partial charge < -0.3 is 9.84 Å². The summed E-state index contributed by atoms with van der Waals surface area (Å²) in [6.45, 7) is -2.00. The number of halogens is 3. The number of ether oxygens (including phenoxy) is 1. The number of rotatable bonds is 7. The lowest BCUT2D eigenvalue weighted by atomic mass is 10.3. The van der Waals surface area contributed by atoms with Crippen molar-refractivity contribution >= 4 is 21.6 Å². The molecule has 1 aromatic carbocycles. The molecule has 0 bridgehead atoms. The molecule has 5 nitrogen and oxygen atoms in total. The Bertz CT molecular complexity index is 553. The molecule has 0 aliphatic rings. The van der Waals surface area contributed by atoms with Crippen LogP contribution in [0.15, 0.2) is 23.1 Å². The third-order valence-electron chi connectivity index (χ3n) is 2.43. The fraction of sp³-hybridized carbons (Fsp3) is 0.455. The van der Waals surface area contributed by atoms with Gasteiger partial charge in [-0.1, -0.05) is 11.6 Å². The maximum Gasteiger partial charge on any atom is 0.252 e. The Balaban J connectivity index is 3.25. The number of hydrogen-bond acceptors (Lipinski definition) is 4. The van der Waals surface area contributed by atoms with E-state index in [1.165, 1.54) is 25.3 Å². The van der Waals surface area contributed by atoms with Crippen molar-refractivity contribution in [3.05, 3.63) is 23.2 Å². The molecule has 0 radical (unpaired) electrons. The predicted octanol–water partition coefficient (Wildman–Crippen LogP) is 1.60. The number of benzene rings is 1. The summed E-state index contributed by atoms with van der Waals surface area (Å²) in [5, 5.41) is 9.08. The van der Waals surface area contributed by atoms with Gasteiger partial charge >= 0.3 is 0 Å². The van der Waals surface area contributed by atoms with Gasteiger partial charge in [-0.2, -0.15) is 4.31 Å². The van der Waals surface area contributed by atoms with Crippen LogP contribution in [-0.4, -0.2) is 51.1 Å². The van der Waals surface area contributed by atoms with E-state index >= 15 is 0 Å². The topological polar surface area (TPSA) is 66.8 Å². The van der Waals surface area contributed by atoms with Crippen molar-refractivity contribution in [3.63, 3.8) is 0 Å². The second-order valence-electron chi connectivity index (χ2n) is 3.77. The van der Waals surface area contributed by atoms with Gasteiger partial charge in [-0.15, -0.1) is 0 Å². The van der Waals surface area contributed by atoms with Crippen LogP contribution in [-0.2, 0) is 10.0 Å². The van der Waals surface area contributed by atoms with Crippen LogP contribution in [0.1, 0.15) is 0 Å². The van der Waals surface area contributed by atoms with Gasteiger partial charge in [0.15, 0.2) is 0 Å². The second kappa shape index (κ2) is 7.16. The Labute approximate surface area is 120 Å². The van der Waals surface area contributed by atoms with Crippen molar-refractivity contribution in [1.29, 1.82) is 0 Å². The maximum absolute atomic E-state index is 12.5. The number of sulfonamides is 1. The summed E-state index contributed by atoms with van der Waals surface area (Å²) in [5.41, 5.74) is 0. The smallest absolute Gasteiger partial charge is 0.252 e. The SMILES string of the molecule is COc1cc(Cl)ccc1S(=O)(=O)N(CCO)CC(F)F. The van der Waals surface area contributed by atoms with Crippen molar-refractivity contribution in [2.75, 3.05) is 26.8 Å². The van der Waals surface area contributed by atoms with E-state index in [0.717, 1.165) is 0 Å². The average Bonchev–Trinajstić information content (AvgIpc) is 2.37. The van der Waals surface area contributed by atoms with Crippen LogP contribution in [0.25, 0.3) is 0 Å². The summed E-state index contributed by atoms with van der Waals surface area (Å²) in [6, 6.07) is 3.76. The molecular formula is C11H14ClF2NO4S. The molecule has 0 unspecified atom stereocenters. The molecule has 0 spiro atoms. The molecule has 1 aromatic rings. The van der Waals surface area contributed by atoms with Crippen molar-refractivity contribution in [2.45, 2.75) is 11.3 Å². The zero-order chi connectivity index (χ0) is 15.3. The van der Waals surface area contributed by atoms with Crippen LogP contribution in [0, 0.1) is 0 Å². The highest BCUT2D eigenvalue weighted by Gasteiger charge is 2.29. The zero-order valence-corrected chi connectivity index (χ0v) is 12.2. The summed E-state index contributed by atoms with van der Waals surface area (Å²) in [4.78, 5) is -0.279. The highest BCUT2D eigenvalue weighted by Crippen LogP contribution is 2.29. The average molecular weight is 330 g/mol. The van der Waals surface area contributed by atoms with Gasteiger partial charge in [0.05, 0.1) is 20.3 Å². The molecule has 114 valence electrons. The highest BCUT2D eigenvalue weighted by molar-refractivity contribution is 7.89. The first kappa shape index (κ1) is 17.1. The Morgan fingerprint density at radius 2 is 2.10 bits per heavy atom. The monoisotopic (exact) mass is 329 g/mol. The number of hydrogen-bond donors (Lipinski definition) is 1. The zero-order valence-electron chi connectivity index (χ0n) is 10.6. The lowest BCUT2D eigenvalue weighted by Crippen LogP contribution is -2.37. The number of alkyl halides is 2. The minimum atomic E-state index is -4.21. The number of aliphatic hydroxyl groups excluding tert-OH is 1. The van der Waals surface area contributed by atoms with Gasteiger partial charge in [-0.25, -0.2) is 17.2 Å². The Morgan fingerprint density at radius 3 is 2.60 bits per heavy atom. The highest BCUT2D eigenvalue weighted by atomic mass is 35.5. The normalized spacial score (nSPS) is 12.2. The molecule has 0 aliphatic carbocycles. The first-order chi connectivity index (χ1) is 9.32. The number of aliphatic hydroxyl groups is 1. The van der Waals surface area contributed by atoms with E-state index in [4.69, 9.17) is 21.4 Å². The molecule has 0 aliphatic heterocycles. The maximum atomic E-state index is 12.5. The van der Waals surface area contributed by atoms with E-state index in [-0.39, 0.29) is 15.7 Å². The second-order valence-corrected chi connectivity index (χ2v) is 6.12. The molecule has 1 rings (SSSR count).